The average molecular weight is 618 g/mol. The molecule has 0 aromatic heterocycles. The normalized spacial score (nSPS) is 16.6. The molecule has 0 aromatic carbocycles. The first-order valence-electron chi connectivity index (χ1n) is 11.1. The third kappa shape index (κ3) is 16.7. The number of nitrogens with one attached hydrogen (secondary N) is 4. The molecule has 4 amide bonds. The summed E-state index contributed by atoms with van der Waals surface area (Å²) in [7, 11) is -9.26. The molecule has 6 N–H and O–H groups in total. The van der Waals surface area contributed by atoms with Gasteiger partial charge in [-0.25, -0.2) is 13.9 Å². The van der Waals surface area contributed by atoms with Crippen LogP contribution >= 0.6 is 15.6 Å². The van der Waals surface area contributed by atoms with E-state index < -0.39 is 72.4 Å². The van der Waals surface area contributed by atoms with E-state index >= 15 is 0 Å². The molecule has 0 aliphatic rings. The highest BCUT2D eigenvalue weighted by Crippen LogP contribution is 2.43. The summed E-state index contributed by atoms with van der Waals surface area (Å²) in [6.07, 6.45) is 0.750. The quantitative estimate of drug-likeness (QED) is 0.0271. The molecule has 19 nitrogen and oxygen atoms in total. The average Bonchev–Trinajstić information content (AvgIpc) is 2.91. The molecule has 21 heteroatoms. The van der Waals surface area contributed by atoms with Crippen molar-refractivity contribution in [2.75, 3.05) is 39.5 Å². The highest BCUT2D eigenvalue weighted by Gasteiger charge is 2.28. The van der Waals surface area contributed by atoms with Crippen LogP contribution in [0.2, 0.25) is 0 Å². The first kappa shape index (κ1) is 36.8. The summed E-state index contributed by atoms with van der Waals surface area (Å²) < 4.78 is 52.1. The number of carbonyl (C=O) groups excluding carboxylic acids is 5. The molecule has 4 unspecified atom stereocenters. The number of urea groups is 1. The van der Waals surface area contributed by atoms with Crippen LogP contribution in [0.25, 0.3) is 0 Å². The minimum atomic E-state index is -4.63. The SMILES string of the molecule is C=CC(OC=O)[C@H](COP(=O)(O)OCCNC(=O)NCCOP(=O)(O)OC[C@H](NC=O)C(C=C)OC=O)NC=O. The Morgan fingerprint density at radius 1 is 0.725 bits per heavy atom. The van der Waals surface area contributed by atoms with E-state index in [9.17, 15) is 42.9 Å². The molecule has 0 aliphatic carbocycles. The van der Waals surface area contributed by atoms with Gasteiger partial charge in [0.2, 0.25) is 12.8 Å². The number of ether oxygens (including phenoxy) is 2. The molecule has 0 saturated heterocycles. The van der Waals surface area contributed by atoms with Gasteiger partial charge in [-0.2, -0.15) is 0 Å². The number of hydrogen-bond donors (Lipinski definition) is 6. The summed E-state index contributed by atoms with van der Waals surface area (Å²) in [6.45, 7) is 4.35. The smallest absolute Gasteiger partial charge is 0.458 e. The van der Waals surface area contributed by atoms with Gasteiger partial charge in [-0.1, -0.05) is 13.2 Å². The van der Waals surface area contributed by atoms with Crippen LogP contribution in [0.5, 0.6) is 0 Å². The van der Waals surface area contributed by atoms with E-state index in [1.165, 1.54) is 0 Å². The van der Waals surface area contributed by atoms with Crippen LogP contribution in [0, 0.1) is 0 Å². The number of phosphoric acid groups is 2. The fourth-order valence-corrected chi connectivity index (χ4v) is 4.04. The van der Waals surface area contributed by atoms with Crippen molar-refractivity contribution in [3.05, 3.63) is 25.3 Å². The summed E-state index contributed by atoms with van der Waals surface area (Å²) in [5, 5.41) is 8.99. The largest absolute Gasteiger partial charge is 0.472 e. The molecule has 40 heavy (non-hydrogen) atoms. The van der Waals surface area contributed by atoms with Crippen molar-refractivity contribution in [1.82, 2.24) is 21.3 Å². The van der Waals surface area contributed by atoms with E-state index in [4.69, 9.17) is 9.05 Å². The van der Waals surface area contributed by atoms with Gasteiger partial charge in [0.15, 0.2) is 0 Å². The number of phosphoric ester groups is 2. The summed E-state index contributed by atoms with van der Waals surface area (Å²) in [5.41, 5.74) is 0. The standard InChI is InChI=1S/C19H32N4O15P2/c1-3-17(33-13-26)15(22-11-24)9-37-39(29,30)35-7-5-20-19(28)21-6-8-36-40(31,32)38-10-16(23-12-25)18(4-2)34-14-27/h3-4,11-18H,1-2,5-10H2,(H,22,24)(H,23,25)(H,29,30)(H,31,32)(H2,20,21,28)/t15-,16-,17?,18?/m0/s1. The Labute approximate surface area is 228 Å². The second-order valence-corrected chi connectivity index (χ2v) is 9.93. The van der Waals surface area contributed by atoms with Gasteiger partial charge in [-0.05, 0) is 12.2 Å². The van der Waals surface area contributed by atoms with Crippen LogP contribution in [0.15, 0.2) is 25.3 Å². The first-order valence-corrected chi connectivity index (χ1v) is 14.1. The van der Waals surface area contributed by atoms with Crippen molar-refractivity contribution in [3.8, 4) is 0 Å². The van der Waals surface area contributed by atoms with Gasteiger partial charge >= 0.3 is 21.7 Å². The van der Waals surface area contributed by atoms with Gasteiger partial charge in [0, 0.05) is 13.1 Å². The topological polar surface area (TPSA) is 263 Å². The van der Waals surface area contributed by atoms with Crippen molar-refractivity contribution in [2.24, 2.45) is 0 Å². The lowest BCUT2D eigenvalue weighted by Crippen LogP contribution is -2.43. The summed E-state index contributed by atoms with van der Waals surface area (Å²) >= 11 is 0. The molecule has 0 fully saturated rings. The summed E-state index contributed by atoms with van der Waals surface area (Å²) in [4.78, 5) is 73.6. The monoisotopic (exact) mass is 618 g/mol. The maximum absolute atomic E-state index is 12.0. The number of amides is 4. The second-order valence-electron chi connectivity index (χ2n) is 7.03. The molecule has 0 saturated carbocycles. The minimum Gasteiger partial charge on any atom is -0.458 e. The van der Waals surface area contributed by atoms with Crippen molar-refractivity contribution < 1.29 is 70.5 Å². The Bertz CT molecular complexity index is 854. The fraction of sp³-hybridized carbons (Fsp3) is 0.526. The van der Waals surface area contributed by atoms with Gasteiger partial charge < -0.3 is 40.5 Å². The van der Waals surface area contributed by atoms with Crippen molar-refractivity contribution >= 4 is 47.4 Å². The molecule has 6 atom stereocenters. The zero-order chi connectivity index (χ0) is 30.4. The highest BCUT2D eigenvalue weighted by molar-refractivity contribution is 7.47. The molecule has 0 bridgehead atoms. The number of hydrogen-bond acceptors (Lipinski definition) is 13. The van der Waals surface area contributed by atoms with Crippen LogP contribution in [-0.4, -0.2) is 105 Å². The van der Waals surface area contributed by atoms with Crippen LogP contribution in [0.4, 0.5) is 4.79 Å². The Morgan fingerprint density at radius 2 is 1.10 bits per heavy atom. The van der Waals surface area contributed by atoms with Crippen molar-refractivity contribution in [2.45, 2.75) is 24.3 Å². The Balaban J connectivity index is 4.35. The lowest BCUT2D eigenvalue weighted by Gasteiger charge is -2.23. The third-order valence-corrected chi connectivity index (χ3v) is 6.33. The molecule has 0 rings (SSSR count). The highest BCUT2D eigenvalue weighted by atomic mass is 31.2. The third-order valence-electron chi connectivity index (χ3n) is 4.37. The predicted octanol–water partition coefficient (Wildman–Crippen LogP) is -1.76. The minimum absolute atomic E-state index is 0.0951. The molecule has 0 spiro atoms. The van der Waals surface area contributed by atoms with Gasteiger partial charge in [-0.3, -0.25) is 37.3 Å². The molecule has 0 heterocycles. The molecular weight excluding hydrogens is 586 g/mol. The van der Waals surface area contributed by atoms with E-state index in [1.54, 1.807) is 0 Å². The molecule has 0 radical (unpaired) electrons. The van der Waals surface area contributed by atoms with Gasteiger partial charge in [0.25, 0.3) is 12.9 Å². The van der Waals surface area contributed by atoms with E-state index in [0.29, 0.717) is 0 Å². The lowest BCUT2D eigenvalue weighted by atomic mass is 10.2. The molecule has 228 valence electrons. The first-order chi connectivity index (χ1) is 19.0. The Morgan fingerprint density at radius 3 is 1.40 bits per heavy atom. The predicted molar refractivity (Wildman–Crippen MR) is 133 cm³/mol. The number of carbonyl (C=O) groups is 5. The van der Waals surface area contributed by atoms with Crippen LogP contribution in [0.3, 0.4) is 0 Å². The molecular formula is C19H32N4O15P2. The maximum Gasteiger partial charge on any atom is 0.472 e. The van der Waals surface area contributed by atoms with Crippen molar-refractivity contribution in [1.29, 1.82) is 0 Å². The van der Waals surface area contributed by atoms with Gasteiger partial charge in [-0.15, -0.1) is 0 Å². The van der Waals surface area contributed by atoms with Crippen LogP contribution in [0.1, 0.15) is 0 Å². The second kappa shape index (κ2) is 20.7. The van der Waals surface area contributed by atoms with Crippen LogP contribution < -0.4 is 21.3 Å². The van der Waals surface area contributed by atoms with E-state index in [2.05, 4.69) is 52.9 Å². The Hall–Kier alpha value is -3.15. The Kier molecular flexibility index (Phi) is 19.1. The number of rotatable bonds is 26. The van der Waals surface area contributed by atoms with Gasteiger partial charge in [0.05, 0.1) is 38.5 Å². The fourth-order valence-electron chi connectivity index (χ4n) is 2.55. The van der Waals surface area contributed by atoms with E-state index in [-0.39, 0.29) is 38.9 Å². The maximum atomic E-state index is 12.0. The van der Waals surface area contributed by atoms with Crippen LogP contribution in [-0.2, 0) is 55.9 Å². The van der Waals surface area contributed by atoms with E-state index in [0.717, 1.165) is 12.2 Å². The van der Waals surface area contributed by atoms with Gasteiger partial charge in [0.1, 0.15) is 12.2 Å². The zero-order valence-corrected chi connectivity index (χ0v) is 22.8. The van der Waals surface area contributed by atoms with E-state index in [1.807, 2.05) is 0 Å². The zero-order valence-electron chi connectivity index (χ0n) is 21.0. The molecule has 0 aromatic rings. The lowest BCUT2D eigenvalue weighted by molar-refractivity contribution is -0.134. The molecule has 0 aliphatic heterocycles. The summed E-state index contributed by atoms with van der Waals surface area (Å²) in [6, 6.07) is -2.87. The summed E-state index contributed by atoms with van der Waals surface area (Å²) in [5.74, 6) is 0. The van der Waals surface area contributed by atoms with Crippen molar-refractivity contribution in [3.63, 3.8) is 0 Å².